The number of hydrogen-bond acceptors (Lipinski definition) is 33. The second-order valence-corrected chi connectivity index (χ2v) is 31.6. The molecule has 37 nitrogen and oxygen atoms in total. The van der Waals surface area contributed by atoms with Crippen LogP contribution >= 0.6 is 66.2 Å². The van der Waals surface area contributed by atoms with Crippen LogP contribution in [-0.4, -0.2) is 198 Å². The molecule has 6 saturated heterocycles. The first kappa shape index (κ1) is 67.5. The van der Waals surface area contributed by atoms with Crippen LogP contribution in [0.4, 0.5) is 23.1 Å². The van der Waals surface area contributed by atoms with Crippen molar-refractivity contribution in [3.8, 4) is 0 Å². The Labute approximate surface area is 539 Å². The molecule has 6 aliphatic heterocycles. The average molecular weight is 1450 g/mol. The summed E-state index contributed by atoms with van der Waals surface area (Å²) in [6, 6.07) is 4.98. The summed E-state index contributed by atoms with van der Waals surface area (Å²) in [7, 11) is 0. The minimum absolute atomic E-state index is 0. The van der Waals surface area contributed by atoms with Crippen molar-refractivity contribution >= 4 is 169 Å². The Bertz CT molecular complexity index is 3930. The summed E-state index contributed by atoms with van der Waals surface area (Å²) in [5.41, 5.74) is 26.1. The third kappa shape index (κ3) is 12.9. The van der Waals surface area contributed by atoms with Crippen molar-refractivity contribution in [1.29, 1.82) is 0 Å². The van der Waals surface area contributed by atoms with Gasteiger partial charge in [0.05, 0.1) is 44.5 Å². The Balaban J connectivity index is 0.000000181. The fourth-order valence-corrected chi connectivity index (χ4v) is 16.6. The molecule has 20 atom stereocenters. The van der Waals surface area contributed by atoms with E-state index in [1.165, 1.54) is 56.1 Å². The molecule has 8 aromatic rings. The zero-order chi connectivity index (χ0) is 61.9. The van der Waals surface area contributed by atoms with Crippen LogP contribution in [0.15, 0.2) is 68.4 Å². The van der Waals surface area contributed by atoms with Gasteiger partial charge in [-0.05, 0) is 53.6 Å². The molecule has 488 valence electrons. The smallest absolute Gasteiger partial charge is 0.386 e. The fourth-order valence-electron chi connectivity index (χ4n) is 10.8. The van der Waals surface area contributed by atoms with Crippen LogP contribution in [0, 0.1) is 0 Å². The van der Waals surface area contributed by atoms with E-state index in [4.69, 9.17) is 113 Å². The van der Waals surface area contributed by atoms with E-state index in [-0.39, 0.29) is 66.8 Å². The molecule has 0 amide bonds. The average Bonchev–Trinajstić information content (AvgIpc) is 1.65. The Morgan fingerprint density at radius 3 is 1.41 bits per heavy atom. The highest BCUT2D eigenvalue weighted by Gasteiger charge is 2.55. The van der Waals surface area contributed by atoms with E-state index >= 15 is 0 Å². The molecule has 8 aromatic heterocycles. The molecule has 0 aliphatic carbocycles. The number of fused-ring (bicyclic) bond motifs is 10. The van der Waals surface area contributed by atoms with Gasteiger partial charge < -0.3 is 99.7 Å². The molecule has 14 rings (SSSR count). The number of pyridine rings is 1. The van der Waals surface area contributed by atoms with E-state index in [2.05, 4.69) is 57.1 Å². The predicted molar refractivity (Wildman–Crippen MR) is 335 cm³/mol. The molecule has 14 heterocycles. The zero-order valence-electron chi connectivity index (χ0n) is 45.4. The molecule has 0 radical (unpaired) electrons. The maximum atomic E-state index is 13.4. The lowest BCUT2D eigenvalue weighted by molar-refractivity contribution is -0.0605. The number of aliphatic hydroxyl groups excluding tert-OH is 4. The summed E-state index contributed by atoms with van der Waals surface area (Å²) in [6.45, 7) is -18.6. The van der Waals surface area contributed by atoms with Gasteiger partial charge in [-0.2, -0.15) is 27.0 Å². The molecular formula is C43H55N17O20P4S6. The topological polar surface area (TPSA) is 509 Å². The number of rotatable bonds is 4. The number of nitrogens with zero attached hydrogens (tertiary/aromatic N) is 13. The molecule has 0 aromatic carbocycles. The second-order valence-electron chi connectivity index (χ2n) is 20.3. The van der Waals surface area contributed by atoms with Crippen molar-refractivity contribution in [3.05, 3.63) is 68.4 Å². The number of anilines is 4. The monoisotopic (exact) mass is 1450 g/mol. The number of aliphatic hydroxyl groups is 4. The van der Waals surface area contributed by atoms with Gasteiger partial charge in [0, 0.05) is 29.7 Å². The van der Waals surface area contributed by atoms with Gasteiger partial charge >= 0.3 is 27.0 Å². The van der Waals surface area contributed by atoms with E-state index in [0.29, 0.717) is 27.8 Å². The van der Waals surface area contributed by atoms with Crippen LogP contribution in [0.3, 0.4) is 0 Å². The molecular weight excluding hydrogens is 1390 g/mol. The summed E-state index contributed by atoms with van der Waals surface area (Å²) in [6.07, 6.45) is -9.23. The molecule has 6 fully saturated rings. The first-order valence-electron chi connectivity index (χ1n) is 26.0. The van der Waals surface area contributed by atoms with E-state index in [9.17, 15) is 39.7 Å². The number of thiol groups is 1. The Morgan fingerprint density at radius 1 is 0.467 bits per heavy atom. The number of ether oxygens (including phenoxy) is 4. The van der Waals surface area contributed by atoms with E-state index in [0.717, 1.165) is 0 Å². The van der Waals surface area contributed by atoms with Gasteiger partial charge in [0.2, 0.25) is 0 Å². The van der Waals surface area contributed by atoms with Crippen LogP contribution in [-0.2, 0) is 95.1 Å². The van der Waals surface area contributed by atoms with E-state index in [1.807, 2.05) is 0 Å². The van der Waals surface area contributed by atoms with Crippen molar-refractivity contribution in [2.75, 3.05) is 49.4 Å². The van der Waals surface area contributed by atoms with Crippen molar-refractivity contribution in [2.45, 2.75) is 98.2 Å². The van der Waals surface area contributed by atoms with Gasteiger partial charge in [-0.3, -0.25) is 31.8 Å². The lowest BCUT2D eigenvalue weighted by Gasteiger charge is -2.28. The molecule has 4 bridgehead atoms. The molecule has 90 heavy (non-hydrogen) atoms. The zero-order valence-corrected chi connectivity index (χ0v) is 54.4. The standard InChI is InChI=1S/C22H26N8O10P2S2.C21H25N9O10P2S2.2H2S/c23-10-1-3-25-19-9(10)2-4-29(19)21-15(32)16-12(38-21)6-36-42(34,44)40-17-14(31)11(5-35-41(33,43)39-16)37-22(17)30-8-28-13-18(24)26-7-27-20(13)30;22-16-8-1-2-29(18(8)26-5-24-16)21-15-12(31)9(37-21)3-35-41(33,43)39-14-10(4-36-42(34,44)40-15)38-20(13(14)32)30-7-28-11-17(23)25-6-27-19(11)30;;/h1-4,7-8,11-12,14-17,21-22,31-32H,5-6H2,(H2,23,25)(H,33,43)(H,34,44)(H2,24,26,27);1-2,5-7,9-10,12-15,20-21,31-32H,3-4H2,(H,33,43)(H,34,44)(H2,22,24,26)(H2,23,25,27);2*1H2/t11-,12-,14-,15-,16-,17-,21-,22-,41?,42?;9-,10-,12-,13-,14-,15-,20-,21-,41?,42?;;/m11../s1. The number of hydrogen-bond donors (Lipinski definition) is 12. The van der Waals surface area contributed by atoms with E-state index < -0.39 is 152 Å². The van der Waals surface area contributed by atoms with Crippen molar-refractivity contribution < 1.29 is 94.8 Å². The summed E-state index contributed by atoms with van der Waals surface area (Å²) in [5.74, 6) is 0.433. The lowest BCUT2D eigenvalue weighted by Crippen LogP contribution is -2.36. The molecule has 6 aliphatic rings. The van der Waals surface area contributed by atoms with Gasteiger partial charge in [-0.25, -0.2) is 49.4 Å². The Morgan fingerprint density at radius 2 is 0.867 bits per heavy atom. The highest BCUT2D eigenvalue weighted by atomic mass is 32.7. The van der Waals surface area contributed by atoms with Crippen LogP contribution < -0.4 is 22.9 Å². The number of nitrogens with two attached hydrogens (primary N) is 4. The molecule has 47 heteroatoms. The minimum Gasteiger partial charge on any atom is -0.398 e. The third-order valence-electron chi connectivity index (χ3n) is 14.9. The number of imidazole rings is 2. The molecule has 0 saturated carbocycles. The Hall–Kier alpha value is -3.92. The van der Waals surface area contributed by atoms with Crippen LogP contribution in [0.1, 0.15) is 24.9 Å². The summed E-state index contributed by atoms with van der Waals surface area (Å²) in [4.78, 5) is 70.3. The van der Waals surface area contributed by atoms with Gasteiger partial charge in [0.25, 0.3) is 0 Å². The van der Waals surface area contributed by atoms with Gasteiger partial charge in [0.15, 0.2) is 47.8 Å². The number of aromatic nitrogens is 13. The van der Waals surface area contributed by atoms with Crippen molar-refractivity contribution in [3.63, 3.8) is 0 Å². The largest absolute Gasteiger partial charge is 0.398 e. The quantitative estimate of drug-likeness (QED) is 0.0818. The Kier molecular flexibility index (Phi) is 19.5. The highest BCUT2D eigenvalue weighted by Crippen LogP contribution is 2.59. The third-order valence-corrected chi connectivity index (χ3v) is 21.2. The SMILES string of the molecule is Nc1ccnc2c1ccn2[C@@H]1O[C@@H]2COP(O)(=S)O[C@@H]3[C@H](O)[C@@H](COP(=O)(S)O[C@H]2[C@H]1O)O[C@H]3n1cnc2c(N)ncnc21.Nc1ncnc2c1ccn2[C@@H]1O[C@@H]2COP(O)(=S)O[C@H]3[C@@H](O)[C@H](n4cnc5c(N)ncnc54)O[C@@H]3COP(O)(=S)O[C@@H]1[C@@H]2O.S.S. The fraction of sp³-hybridized carbons (Fsp3) is 0.465. The van der Waals surface area contributed by atoms with Gasteiger partial charge in [-0.15, -0.1) is 0 Å². The predicted octanol–water partition coefficient (Wildman–Crippen LogP) is 0.0577. The maximum absolute atomic E-state index is 13.4. The summed E-state index contributed by atoms with van der Waals surface area (Å²) in [5, 5.41) is 46.0. The summed E-state index contributed by atoms with van der Waals surface area (Å²) >= 11 is 19.9. The molecule has 0 spiro atoms. The lowest BCUT2D eigenvalue weighted by atomic mass is 10.1. The number of nitrogen functional groups attached to an aromatic ring is 4. The normalized spacial score (nSPS) is 37.4. The van der Waals surface area contributed by atoms with Gasteiger partial charge in [-0.1, -0.05) is 12.2 Å². The minimum atomic E-state index is -4.25. The van der Waals surface area contributed by atoms with Crippen LogP contribution in [0.25, 0.3) is 44.4 Å². The van der Waals surface area contributed by atoms with Gasteiger partial charge in [0.1, 0.15) is 120 Å². The van der Waals surface area contributed by atoms with Crippen molar-refractivity contribution in [1.82, 2.24) is 63.1 Å². The first-order valence-corrected chi connectivity index (χ1v) is 36.4. The van der Waals surface area contributed by atoms with Crippen LogP contribution in [0.2, 0.25) is 0 Å². The molecule has 15 N–H and O–H groups in total. The van der Waals surface area contributed by atoms with E-state index in [1.54, 1.807) is 30.6 Å². The van der Waals surface area contributed by atoms with Crippen molar-refractivity contribution in [2.24, 2.45) is 0 Å². The first-order chi connectivity index (χ1) is 41.8. The second kappa shape index (κ2) is 26.0. The summed E-state index contributed by atoms with van der Waals surface area (Å²) < 4.78 is 88.8. The highest BCUT2D eigenvalue weighted by molar-refractivity contribution is 8.44. The van der Waals surface area contributed by atoms with Crippen LogP contribution in [0.5, 0.6) is 0 Å². The molecule has 4 unspecified atom stereocenters. The maximum Gasteiger partial charge on any atom is 0.386 e.